The van der Waals surface area contributed by atoms with Crippen LogP contribution in [0.1, 0.15) is 24.2 Å². The first-order valence-corrected chi connectivity index (χ1v) is 8.97. The number of hydrogen-bond donors (Lipinski definition) is 1. The van der Waals surface area contributed by atoms with Crippen LogP contribution in [-0.2, 0) is 0 Å². The molecule has 4 rings (SSSR count). The Morgan fingerprint density at radius 3 is 2.63 bits per heavy atom. The van der Waals surface area contributed by atoms with Crippen LogP contribution >= 0.6 is 0 Å². The molecule has 0 aliphatic heterocycles. The van der Waals surface area contributed by atoms with E-state index in [0.717, 1.165) is 33.9 Å². The van der Waals surface area contributed by atoms with Gasteiger partial charge in [0.2, 0.25) is 0 Å². The largest absolute Gasteiger partial charge is 0.497 e. The molecule has 1 N–H and O–H groups in total. The summed E-state index contributed by atoms with van der Waals surface area (Å²) >= 11 is 0. The maximum absolute atomic E-state index is 5.35. The summed E-state index contributed by atoms with van der Waals surface area (Å²) in [7, 11) is 1.67. The van der Waals surface area contributed by atoms with Crippen molar-refractivity contribution in [3.8, 4) is 11.4 Å². The third-order valence-corrected chi connectivity index (χ3v) is 4.71. The Morgan fingerprint density at radius 2 is 1.85 bits per heavy atom. The van der Waals surface area contributed by atoms with E-state index in [9.17, 15) is 0 Å². The number of nitrogens with zero attached hydrogens (tertiary/aromatic N) is 3. The zero-order valence-electron chi connectivity index (χ0n) is 15.7. The van der Waals surface area contributed by atoms with Gasteiger partial charge in [0.1, 0.15) is 11.6 Å². The second-order valence-electron chi connectivity index (χ2n) is 6.56. The number of pyridine rings is 1. The summed E-state index contributed by atoms with van der Waals surface area (Å²) in [4.78, 5) is 4.58. The van der Waals surface area contributed by atoms with Gasteiger partial charge in [0.15, 0.2) is 0 Å². The van der Waals surface area contributed by atoms with Crippen molar-refractivity contribution in [1.82, 2.24) is 14.8 Å². The minimum Gasteiger partial charge on any atom is -0.497 e. The van der Waals surface area contributed by atoms with Gasteiger partial charge in [-0.25, -0.2) is 9.67 Å². The van der Waals surface area contributed by atoms with Crippen LogP contribution in [0.2, 0.25) is 0 Å². The normalized spacial score (nSPS) is 12.1. The van der Waals surface area contributed by atoms with E-state index in [1.807, 2.05) is 66.3 Å². The molecule has 2 aromatic heterocycles. The van der Waals surface area contributed by atoms with E-state index < -0.39 is 0 Å². The maximum Gasteiger partial charge on any atom is 0.128 e. The molecule has 0 spiro atoms. The van der Waals surface area contributed by atoms with Gasteiger partial charge in [0, 0.05) is 29.8 Å². The zero-order chi connectivity index (χ0) is 18.8. The molecule has 1 atom stereocenters. The Kier molecular flexibility index (Phi) is 4.50. The van der Waals surface area contributed by atoms with Gasteiger partial charge in [-0.1, -0.05) is 36.4 Å². The predicted molar refractivity (Wildman–Crippen MR) is 109 cm³/mol. The van der Waals surface area contributed by atoms with Crippen molar-refractivity contribution in [3.63, 3.8) is 0 Å². The molecule has 0 aliphatic carbocycles. The molecule has 0 saturated carbocycles. The third-order valence-electron chi connectivity index (χ3n) is 4.71. The van der Waals surface area contributed by atoms with Crippen molar-refractivity contribution in [2.75, 3.05) is 12.4 Å². The van der Waals surface area contributed by atoms with Gasteiger partial charge in [0.25, 0.3) is 0 Å². The fraction of sp³-hybridized carbons (Fsp3) is 0.182. The molecule has 0 unspecified atom stereocenters. The number of hydrogen-bond acceptors (Lipinski definition) is 4. The fourth-order valence-corrected chi connectivity index (χ4v) is 3.22. The van der Waals surface area contributed by atoms with Gasteiger partial charge in [0.05, 0.1) is 24.0 Å². The Labute approximate surface area is 158 Å². The molecule has 4 aromatic rings. The molecular weight excluding hydrogens is 336 g/mol. The molecule has 0 aliphatic rings. The summed E-state index contributed by atoms with van der Waals surface area (Å²) in [5.41, 5.74) is 4.14. The lowest BCUT2D eigenvalue weighted by molar-refractivity contribution is 0.414. The first-order valence-electron chi connectivity index (χ1n) is 8.97. The molecule has 0 fully saturated rings. The zero-order valence-corrected chi connectivity index (χ0v) is 15.7. The highest BCUT2D eigenvalue weighted by atomic mass is 16.5. The van der Waals surface area contributed by atoms with Gasteiger partial charge in [-0.3, -0.25) is 0 Å². The van der Waals surface area contributed by atoms with E-state index in [4.69, 9.17) is 9.84 Å². The number of fused-ring (bicyclic) bond motifs is 1. The molecule has 0 saturated heterocycles. The van der Waals surface area contributed by atoms with Gasteiger partial charge in [-0.2, -0.15) is 5.10 Å². The van der Waals surface area contributed by atoms with Crippen molar-refractivity contribution < 1.29 is 4.74 Å². The minimum absolute atomic E-state index is 0.158. The lowest BCUT2D eigenvalue weighted by Crippen LogP contribution is -2.07. The molecule has 27 heavy (non-hydrogen) atoms. The Bertz CT molecular complexity index is 1070. The predicted octanol–water partition coefficient (Wildman–Crippen LogP) is 4.91. The summed E-state index contributed by atoms with van der Waals surface area (Å²) in [6, 6.07) is 20.4. The third kappa shape index (κ3) is 3.36. The van der Waals surface area contributed by atoms with Crippen molar-refractivity contribution in [1.29, 1.82) is 0 Å². The van der Waals surface area contributed by atoms with E-state index in [-0.39, 0.29) is 6.04 Å². The summed E-state index contributed by atoms with van der Waals surface area (Å²) in [6.07, 6.45) is 1.88. The van der Waals surface area contributed by atoms with E-state index in [1.54, 1.807) is 7.11 Å². The highest BCUT2D eigenvalue weighted by molar-refractivity contribution is 5.84. The van der Waals surface area contributed by atoms with Crippen molar-refractivity contribution in [2.45, 2.75) is 19.9 Å². The molecule has 0 radical (unpaired) electrons. The van der Waals surface area contributed by atoms with Crippen molar-refractivity contribution in [3.05, 3.63) is 78.1 Å². The Hall–Kier alpha value is -3.34. The standard InChI is InChI=1S/C22H22N4O/c1-15(17-8-5-4-6-9-17)24-22-13-21-20(14-23-22)16(2)25-26(21)18-10-7-11-19(12-18)27-3/h4-15H,1-3H3,(H,23,24)/t15-/m0/s1. The lowest BCUT2D eigenvalue weighted by Gasteiger charge is -2.15. The maximum atomic E-state index is 5.35. The van der Waals surface area contributed by atoms with Gasteiger partial charge in [-0.15, -0.1) is 0 Å². The molecule has 0 bridgehead atoms. The van der Waals surface area contributed by atoms with Crippen LogP contribution in [0.5, 0.6) is 5.75 Å². The minimum atomic E-state index is 0.158. The van der Waals surface area contributed by atoms with Crippen LogP contribution < -0.4 is 10.1 Å². The number of methoxy groups -OCH3 is 1. The van der Waals surface area contributed by atoms with Gasteiger partial charge < -0.3 is 10.1 Å². The number of rotatable bonds is 5. The van der Waals surface area contributed by atoms with E-state index >= 15 is 0 Å². The van der Waals surface area contributed by atoms with Crippen molar-refractivity contribution in [2.24, 2.45) is 0 Å². The van der Waals surface area contributed by atoms with E-state index in [1.165, 1.54) is 5.56 Å². The molecule has 5 heteroatoms. The molecule has 5 nitrogen and oxygen atoms in total. The summed E-state index contributed by atoms with van der Waals surface area (Å²) in [5.74, 6) is 1.63. The number of ether oxygens (including phenoxy) is 1. The second-order valence-corrected chi connectivity index (χ2v) is 6.56. The average Bonchev–Trinajstić information content (AvgIpc) is 3.04. The Morgan fingerprint density at radius 1 is 1.04 bits per heavy atom. The van der Waals surface area contributed by atoms with Crippen molar-refractivity contribution >= 4 is 16.7 Å². The van der Waals surface area contributed by atoms with Gasteiger partial charge >= 0.3 is 0 Å². The molecule has 2 aromatic carbocycles. The second kappa shape index (κ2) is 7.11. The molecule has 0 amide bonds. The molecular formula is C22H22N4O. The number of anilines is 1. The number of benzene rings is 2. The first kappa shape index (κ1) is 17.1. The van der Waals surface area contributed by atoms with Crippen LogP contribution in [-0.4, -0.2) is 21.9 Å². The summed E-state index contributed by atoms with van der Waals surface area (Å²) in [6.45, 7) is 4.13. The lowest BCUT2D eigenvalue weighted by atomic mass is 10.1. The average molecular weight is 358 g/mol. The van der Waals surface area contributed by atoms with E-state index in [2.05, 4.69) is 29.4 Å². The quantitative estimate of drug-likeness (QED) is 0.551. The van der Waals surface area contributed by atoms with E-state index in [0.29, 0.717) is 0 Å². The van der Waals surface area contributed by atoms with Crippen LogP contribution in [0.15, 0.2) is 66.9 Å². The highest BCUT2D eigenvalue weighted by Gasteiger charge is 2.13. The van der Waals surface area contributed by atoms with Gasteiger partial charge in [-0.05, 0) is 31.5 Å². The summed E-state index contributed by atoms with van der Waals surface area (Å²) < 4.78 is 7.29. The summed E-state index contributed by atoms with van der Waals surface area (Å²) in [5, 5.41) is 9.23. The van der Waals surface area contributed by atoms with Crippen LogP contribution in [0.4, 0.5) is 5.82 Å². The molecule has 136 valence electrons. The van der Waals surface area contributed by atoms with Crippen LogP contribution in [0, 0.1) is 6.92 Å². The number of nitrogens with one attached hydrogen (secondary N) is 1. The SMILES string of the molecule is COc1cccc(-n2nc(C)c3cnc(N[C@@H](C)c4ccccc4)cc32)c1. The Balaban J connectivity index is 1.73. The number of aryl methyl sites for hydroxylation is 1. The smallest absolute Gasteiger partial charge is 0.128 e. The van der Waals surface area contributed by atoms with Crippen LogP contribution in [0.3, 0.4) is 0 Å². The monoisotopic (exact) mass is 358 g/mol. The van der Waals surface area contributed by atoms with Crippen LogP contribution in [0.25, 0.3) is 16.6 Å². The number of aromatic nitrogens is 3. The first-order chi connectivity index (χ1) is 13.2. The molecule has 2 heterocycles. The topological polar surface area (TPSA) is 52.0 Å². The highest BCUT2D eigenvalue weighted by Crippen LogP contribution is 2.26. The fourth-order valence-electron chi connectivity index (χ4n) is 3.22.